The number of carbonyl (C=O) groups excluding carboxylic acids is 2. The van der Waals surface area contributed by atoms with Crippen LogP contribution in [0.15, 0.2) is 28.7 Å². The van der Waals surface area contributed by atoms with Gasteiger partial charge in [-0.25, -0.2) is 8.42 Å². The predicted molar refractivity (Wildman–Crippen MR) is 87.4 cm³/mol. The molecular formula is C14H17BrN2O4S. The maximum absolute atomic E-state index is 12.1. The molecule has 1 fully saturated rings. The van der Waals surface area contributed by atoms with Gasteiger partial charge in [0.25, 0.3) is 0 Å². The summed E-state index contributed by atoms with van der Waals surface area (Å²) in [4.78, 5) is 25.2. The third-order valence-electron chi connectivity index (χ3n) is 3.42. The number of nitrogens with zero attached hydrogens (tertiary/aromatic N) is 1. The Labute approximate surface area is 137 Å². The number of hydrogen-bond donors (Lipinski definition) is 1. The summed E-state index contributed by atoms with van der Waals surface area (Å²) >= 11 is 3.35. The fourth-order valence-electron chi connectivity index (χ4n) is 2.36. The standard InChI is InChI=1S/C14H17BrN2O4S/c1-10(18)17(13-5-3-2-4-12(13)15)8-14(19)16-11-6-7-22(20,21)9-11/h2-5,11H,6-9H2,1H3,(H,16,19). The Morgan fingerprint density at radius 2 is 2.05 bits per heavy atom. The van der Waals surface area contributed by atoms with E-state index in [-0.39, 0.29) is 35.9 Å². The molecule has 1 aliphatic heterocycles. The minimum Gasteiger partial charge on any atom is -0.351 e. The Morgan fingerprint density at radius 1 is 1.36 bits per heavy atom. The summed E-state index contributed by atoms with van der Waals surface area (Å²) in [5, 5.41) is 2.68. The lowest BCUT2D eigenvalue weighted by atomic mass is 10.2. The van der Waals surface area contributed by atoms with Gasteiger partial charge in [-0.3, -0.25) is 9.59 Å². The van der Waals surface area contributed by atoms with Crippen LogP contribution in [0, 0.1) is 0 Å². The van der Waals surface area contributed by atoms with Crippen molar-refractivity contribution in [1.29, 1.82) is 0 Å². The quantitative estimate of drug-likeness (QED) is 0.836. The first-order valence-electron chi connectivity index (χ1n) is 6.81. The van der Waals surface area contributed by atoms with Gasteiger partial charge in [0.15, 0.2) is 9.84 Å². The van der Waals surface area contributed by atoms with Crippen molar-refractivity contribution in [3.8, 4) is 0 Å². The molecule has 1 heterocycles. The summed E-state index contributed by atoms with van der Waals surface area (Å²) in [6, 6.07) is 6.74. The largest absolute Gasteiger partial charge is 0.351 e. The predicted octanol–water partition coefficient (Wildman–Crippen LogP) is 1.11. The van der Waals surface area contributed by atoms with Crippen LogP contribution in [-0.2, 0) is 19.4 Å². The Kier molecular flexibility index (Phi) is 5.23. The molecule has 0 spiro atoms. The number of hydrogen-bond acceptors (Lipinski definition) is 4. The minimum absolute atomic E-state index is 0.0339. The van der Waals surface area contributed by atoms with E-state index < -0.39 is 9.84 Å². The van der Waals surface area contributed by atoms with Gasteiger partial charge in [0.1, 0.15) is 6.54 Å². The Bertz CT molecular complexity index is 690. The second-order valence-electron chi connectivity index (χ2n) is 5.22. The zero-order chi connectivity index (χ0) is 16.3. The van der Waals surface area contributed by atoms with Crippen LogP contribution >= 0.6 is 15.9 Å². The Balaban J connectivity index is 2.04. The molecule has 6 nitrogen and oxygen atoms in total. The van der Waals surface area contributed by atoms with E-state index in [0.29, 0.717) is 16.6 Å². The molecule has 2 amide bonds. The molecule has 1 N–H and O–H groups in total. The van der Waals surface area contributed by atoms with Crippen LogP contribution in [-0.4, -0.2) is 44.3 Å². The van der Waals surface area contributed by atoms with Gasteiger partial charge in [-0.15, -0.1) is 0 Å². The van der Waals surface area contributed by atoms with Crippen molar-refractivity contribution in [3.63, 3.8) is 0 Å². The molecule has 1 atom stereocenters. The van der Waals surface area contributed by atoms with Gasteiger partial charge in [0, 0.05) is 17.4 Å². The number of nitrogens with one attached hydrogen (secondary N) is 1. The van der Waals surface area contributed by atoms with E-state index in [0.717, 1.165) is 0 Å². The van der Waals surface area contributed by atoms with Crippen LogP contribution < -0.4 is 10.2 Å². The number of para-hydroxylation sites is 1. The summed E-state index contributed by atoms with van der Waals surface area (Å²) in [7, 11) is -3.05. The zero-order valence-electron chi connectivity index (χ0n) is 12.1. The maximum Gasteiger partial charge on any atom is 0.240 e. The van der Waals surface area contributed by atoms with Gasteiger partial charge in [-0.1, -0.05) is 12.1 Å². The average Bonchev–Trinajstić information content (AvgIpc) is 2.76. The second kappa shape index (κ2) is 6.78. The number of rotatable bonds is 4. The lowest BCUT2D eigenvalue weighted by Gasteiger charge is -2.22. The van der Waals surface area contributed by atoms with Gasteiger partial charge in [0.05, 0.1) is 17.2 Å². The molecule has 2 rings (SSSR count). The van der Waals surface area contributed by atoms with E-state index in [4.69, 9.17) is 0 Å². The van der Waals surface area contributed by atoms with Gasteiger partial charge < -0.3 is 10.2 Å². The van der Waals surface area contributed by atoms with Crippen LogP contribution in [0.5, 0.6) is 0 Å². The summed E-state index contributed by atoms with van der Waals surface area (Å²) in [6.07, 6.45) is 0.420. The number of sulfone groups is 1. The fourth-order valence-corrected chi connectivity index (χ4v) is 4.53. The van der Waals surface area contributed by atoms with Crippen molar-refractivity contribution >= 4 is 43.3 Å². The first-order valence-corrected chi connectivity index (χ1v) is 9.42. The first kappa shape index (κ1) is 17.0. The monoisotopic (exact) mass is 388 g/mol. The van der Waals surface area contributed by atoms with Crippen LogP contribution in [0.2, 0.25) is 0 Å². The fraction of sp³-hybridized carbons (Fsp3) is 0.429. The molecule has 1 saturated heterocycles. The third kappa shape index (κ3) is 4.30. The number of benzene rings is 1. The lowest BCUT2D eigenvalue weighted by Crippen LogP contribution is -2.44. The van der Waals surface area contributed by atoms with Crippen LogP contribution in [0.1, 0.15) is 13.3 Å². The summed E-state index contributed by atoms with van der Waals surface area (Å²) in [5.74, 6) is -0.568. The zero-order valence-corrected chi connectivity index (χ0v) is 14.5. The summed E-state index contributed by atoms with van der Waals surface area (Å²) in [5.41, 5.74) is 0.601. The number of anilines is 1. The van der Waals surface area contributed by atoms with Crippen molar-refractivity contribution in [1.82, 2.24) is 5.32 Å². The van der Waals surface area contributed by atoms with Gasteiger partial charge in [-0.05, 0) is 34.5 Å². The van der Waals surface area contributed by atoms with Crippen LogP contribution in [0.25, 0.3) is 0 Å². The summed E-state index contributed by atoms with van der Waals surface area (Å²) < 4.78 is 23.5. The van der Waals surface area contributed by atoms with Crippen molar-refractivity contribution in [2.45, 2.75) is 19.4 Å². The number of halogens is 1. The Morgan fingerprint density at radius 3 is 2.59 bits per heavy atom. The molecular weight excluding hydrogens is 372 g/mol. The molecule has 0 radical (unpaired) electrons. The highest BCUT2D eigenvalue weighted by Crippen LogP contribution is 2.25. The molecule has 1 aromatic rings. The molecule has 1 unspecified atom stereocenters. The lowest BCUT2D eigenvalue weighted by molar-refractivity contribution is -0.123. The SMILES string of the molecule is CC(=O)N(CC(=O)NC1CCS(=O)(=O)C1)c1ccccc1Br. The number of amides is 2. The molecule has 0 aromatic heterocycles. The van der Waals surface area contributed by atoms with E-state index >= 15 is 0 Å². The van der Waals surface area contributed by atoms with Gasteiger partial charge in [-0.2, -0.15) is 0 Å². The third-order valence-corrected chi connectivity index (χ3v) is 5.86. The van der Waals surface area contributed by atoms with Gasteiger partial charge in [0.2, 0.25) is 11.8 Å². The Hall–Kier alpha value is -1.41. The van der Waals surface area contributed by atoms with Crippen molar-refractivity contribution in [2.75, 3.05) is 23.0 Å². The maximum atomic E-state index is 12.1. The van der Waals surface area contributed by atoms with E-state index in [1.807, 2.05) is 6.07 Å². The van der Waals surface area contributed by atoms with Crippen LogP contribution in [0.4, 0.5) is 5.69 Å². The highest BCUT2D eigenvalue weighted by molar-refractivity contribution is 9.10. The van der Waals surface area contributed by atoms with E-state index in [2.05, 4.69) is 21.2 Å². The molecule has 8 heteroatoms. The van der Waals surface area contributed by atoms with E-state index in [9.17, 15) is 18.0 Å². The molecule has 120 valence electrons. The topological polar surface area (TPSA) is 83.6 Å². The summed E-state index contributed by atoms with van der Waals surface area (Å²) in [6.45, 7) is 1.24. The molecule has 0 aliphatic carbocycles. The highest BCUT2D eigenvalue weighted by Gasteiger charge is 2.29. The normalized spacial score (nSPS) is 19.6. The molecule has 1 aliphatic rings. The second-order valence-corrected chi connectivity index (χ2v) is 8.31. The average molecular weight is 389 g/mol. The van der Waals surface area contributed by atoms with E-state index in [1.165, 1.54) is 11.8 Å². The smallest absolute Gasteiger partial charge is 0.240 e. The number of carbonyl (C=O) groups is 2. The van der Waals surface area contributed by atoms with E-state index in [1.54, 1.807) is 18.2 Å². The van der Waals surface area contributed by atoms with Crippen molar-refractivity contribution in [2.24, 2.45) is 0 Å². The first-order chi connectivity index (χ1) is 10.3. The van der Waals surface area contributed by atoms with Crippen molar-refractivity contribution in [3.05, 3.63) is 28.7 Å². The molecule has 0 bridgehead atoms. The van der Waals surface area contributed by atoms with Crippen LogP contribution in [0.3, 0.4) is 0 Å². The molecule has 1 aromatic carbocycles. The van der Waals surface area contributed by atoms with Crippen molar-refractivity contribution < 1.29 is 18.0 Å². The van der Waals surface area contributed by atoms with Gasteiger partial charge >= 0.3 is 0 Å². The molecule has 0 saturated carbocycles. The molecule has 22 heavy (non-hydrogen) atoms. The highest BCUT2D eigenvalue weighted by atomic mass is 79.9. The minimum atomic E-state index is -3.05.